The van der Waals surface area contributed by atoms with Gasteiger partial charge in [0.2, 0.25) is 0 Å². The van der Waals surface area contributed by atoms with E-state index in [0.29, 0.717) is 0 Å². The molecule has 0 bridgehead atoms. The van der Waals surface area contributed by atoms with E-state index in [2.05, 4.69) is 13.8 Å². The average Bonchev–Trinajstić information content (AvgIpc) is 3.16. The Morgan fingerprint density at radius 2 is 1.60 bits per heavy atom. The predicted octanol–water partition coefficient (Wildman–Crippen LogP) is 6.98. The molecule has 0 aromatic rings. The lowest BCUT2D eigenvalue weighted by atomic mass is 9.81. The van der Waals surface area contributed by atoms with Crippen LogP contribution >= 0.6 is 0 Å². The molecule has 2 fully saturated rings. The number of hydrogen-bond acceptors (Lipinski definition) is 0. The standard InChI is InChI=1S/C20H38/c1-3-5-8-20(16-19-9-6-7-10-19)15-17(4-2)11-12-18-13-14-18/h17-20H,3-16H2,1-2H3. The molecule has 0 aliphatic heterocycles. The highest BCUT2D eigenvalue weighted by Crippen LogP contribution is 2.38. The van der Waals surface area contributed by atoms with Crippen LogP contribution < -0.4 is 0 Å². The van der Waals surface area contributed by atoms with Crippen LogP contribution in [-0.4, -0.2) is 0 Å². The third kappa shape index (κ3) is 6.19. The van der Waals surface area contributed by atoms with Crippen LogP contribution in [0.4, 0.5) is 0 Å². The van der Waals surface area contributed by atoms with Crippen LogP contribution in [0.3, 0.4) is 0 Å². The molecule has 0 aromatic heterocycles. The summed E-state index contributed by atoms with van der Waals surface area (Å²) >= 11 is 0. The zero-order valence-electron chi connectivity index (χ0n) is 14.2. The molecule has 0 heteroatoms. The summed E-state index contributed by atoms with van der Waals surface area (Å²) in [6.45, 7) is 4.79. The maximum atomic E-state index is 2.43. The van der Waals surface area contributed by atoms with Gasteiger partial charge in [-0.2, -0.15) is 0 Å². The molecule has 2 atom stereocenters. The highest BCUT2D eigenvalue weighted by molar-refractivity contribution is 4.77. The molecule has 2 aliphatic carbocycles. The molecule has 20 heavy (non-hydrogen) atoms. The third-order valence-corrected chi connectivity index (χ3v) is 6.03. The fourth-order valence-electron chi connectivity index (χ4n) is 4.38. The van der Waals surface area contributed by atoms with Crippen LogP contribution in [0.2, 0.25) is 0 Å². The summed E-state index contributed by atoms with van der Waals surface area (Å²) in [6.07, 6.45) is 21.2. The first-order valence-electron chi connectivity index (χ1n) is 9.81. The van der Waals surface area contributed by atoms with E-state index >= 15 is 0 Å². The molecular weight excluding hydrogens is 240 g/mol. The van der Waals surface area contributed by atoms with Gasteiger partial charge in [-0.05, 0) is 36.5 Å². The van der Waals surface area contributed by atoms with Gasteiger partial charge in [0.25, 0.3) is 0 Å². The first-order chi connectivity index (χ1) is 9.81. The second-order valence-corrected chi connectivity index (χ2v) is 7.93. The maximum absolute atomic E-state index is 2.43. The van der Waals surface area contributed by atoms with E-state index in [1.54, 1.807) is 32.1 Å². The summed E-state index contributed by atoms with van der Waals surface area (Å²) in [4.78, 5) is 0. The lowest BCUT2D eigenvalue weighted by Crippen LogP contribution is -2.13. The van der Waals surface area contributed by atoms with Gasteiger partial charge in [-0.15, -0.1) is 0 Å². The first-order valence-corrected chi connectivity index (χ1v) is 9.81. The summed E-state index contributed by atoms with van der Waals surface area (Å²) in [5.41, 5.74) is 0. The van der Waals surface area contributed by atoms with Crippen molar-refractivity contribution in [3.05, 3.63) is 0 Å². The zero-order valence-corrected chi connectivity index (χ0v) is 14.2. The van der Waals surface area contributed by atoms with Gasteiger partial charge in [0.1, 0.15) is 0 Å². The molecule has 0 nitrogen and oxygen atoms in total. The van der Waals surface area contributed by atoms with E-state index < -0.39 is 0 Å². The molecule has 0 radical (unpaired) electrons. The van der Waals surface area contributed by atoms with Crippen LogP contribution in [0.15, 0.2) is 0 Å². The van der Waals surface area contributed by atoms with Gasteiger partial charge in [-0.25, -0.2) is 0 Å². The minimum absolute atomic E-state index is 1.04. The summed E-state index contributed by atoms with van der Waals surface area (Å²) in [7, 11) is 0. The Bertz CT molecular complexity index is 234. The summed E-state index contributed by atoms with van der Waals surface area (Å²) in [5.74, 6) is 4.33. The van der Waals surface area contributed by atoms with Gasteiger partial charge in [0, 0.05) is 0 Å². The van der Waals surface area contributed by atoms with E-state index in [-0.39, 0.29) is 0 Å². The summed E-state index contributed by atoms with van der Waals surface area (Å²) in [6, 6.07) is 0. The molecular formula is C20H38. The Morgan fingerprint density at radius 1 is 0.850 bits per heavy atom. The lowest BCUT2D eigenvalue weighted by molar-refractivity contribution is 0.267. The highest BCUT2D eigenvalue weighted by Gasteiger charge is 2.25. The number of rotatable bonds is 11. The van der Waals surface area contributed by atoms with Gasteiger partial charge in [-0.3, -0.25) is 0 Å². The van der Waals surface area contributed by atoms with Crippen molar-refractivity contribution in [3.8, 4) is 0 Å². The van der Waals surface area contributed by atoms with Gasteiger partial charge in [0.05, 0.1) is 0 Å². The monoisotopic (exact) mass is 278 g/mol. The van der Waals surface area contributed by atoms with Crippen molar-refractivity contribution in [3.63, 3.8) is 0 Å². The SMILES string of the molecule is CCCCC(CC(CC)CCC1CC1)CC1CCCC1. The average molecular weight is 279 g/mol. The zero-order chi connectivity index (χ0) is 14.2. The highest BCUT2D eigenvalue weighted by atomic mass is 14.3. The van der Waals surface area contributed by atoms with Crippen molar-refractivity contribution >= 4 is 0 Å². The quantitative estimate of drug-likeness (QED) is 0.382. The lowest BCUT2D eigenvalue weighted by Gasteiger charge is -2.25. The van der Waals surface area contributed by atoms with Crippen molar-refractivity contribution in [1.82, 2.24) is 0 Å². The normalized spacial score (nSPS) is 23.1. The topological polar surface area (TPSA) is 0 Å². The van der Waals surface area contributed by atoms with Gasteiger partial charge < -0.3 is 0 Å². The Labute approximate surface area is 128 Å². The molecule has 0 amide bonds. The molecule has 0 spiro atoms. The van der Waals surface area contributed by atoms with Crippen molar-refractivity contribution in [2.24, 2.45) is 23.7 Å². The van der Waals surface area contributed by atoms with Gasteiger partial charge in [0.15, 0.2) is 0 Å². The fourth-order valence-corrected chi connectivity index (χ4v) is 4.38. The van der Waals surface area contributed by atoms with Gasteiger partial charge >= 0.3 is 0 Å². The van der Waals surface area contributed by atoms with Crippen molar-refractivity contribution in [2.75, 3.05) is 0 Å². The van der Waals surface area contributed by atoms with Crippen LogP contribution in [0.5, 0.6) is 0 Å². The molecule has 2 aliphatic rings. The Kier molecular flexibility index (Phi) is 7.45. The smallest absolute Gasteiger partial charge is 0.0409 e. The van der Waals surface area contributed by atoms with Crippen LogP contribution in [0.25, 0.3) is 0 Å². The van der Waals surface area contributed by atoms with Crippen LogP contribution in [-0.2, 0) is 0 Å². The van der Waals surface area contributed by atoms with Crippen LogP contribution in [0, 0.1) is 23.7 Å². The van der Waals surface area contributed by atoms with Gasteiger partial charge in [-0.1, -0.05) is 90.9 Å². The van der Waals surface area contributed by atoms with Crippen LogP contribution in [0.1, 0.15) is 104 Å². The molecule has 0 N–H and O–H groups in total. The van der Waals surface area contributed by atoms with Crippen molar-refractivity contribution in [2.45, 2.75) is 104 Å². The molecule has 2 saturated carbocycles. The van der Waals surface area contributed by atoms with E-state index in [4.69, 9.17) is 0 Å². The van der Waals surface area contributed by atoms with Crippen molar-refractivity contribution in [1.29, 1.82) is 0 Å². The Hall–Kier alpha value is 0. The molecule has 0 aromatic carbocycles. The summed E-state index contributed by atoms with van der Waals surface area (Å²) in [5, 5.41) is 0. The maximum Gasteiger partial charge on any atom is -0.0409 e. The fraction of sp³-hybridized carbons (Fsp3) is 1.00. The second kappa shape index (κ2) is 9.11. The van der Waals surface area contributed by atoms with E-state index in [9.17, 15) is 0 Å². The minimum atomic E-state index is 1.04. The number of hydrogen-bond donors (Lipinski definition) is 0. The van der Waals surface area contributed by atoms with E-state index in [0.717, 1.165) is 23.7 Å². The van der Waals surface area contributed by atoms with Crippen molar-refractivity contribution < 1.29 is 0 Å². The molecule has 0 heterocycles. The minimum Gasteiger partial charge on any atom is -0.0654 e. The Morgan fingerprint density at radius 3 is 2.20 bits per heavy atom. The predicted molar refractivity (Wildman–Crippen MR) is 89.9 cm³/mol. The first kappa shape index (κ1) is 16.4. The second-order valence-electron chi connectivity index (χ2n) is 7.93. The van der Waals surface area contributed by atoms with E-state index in [1.807, 2.05) is 0 Å². The Balaban J connectivity index is 1.73. The molecule has 118 valence electrons. The number of unbranched alkanes of at least 4 members (excludes halogenated alkanes) is 1. The largest absolute Gasteiger partial charge is 0.0654 e. The molecule has 2 rings (SSSR count). The molecule has 0 saturated heterocycles. The summed E-state index contributed by atoms with van der Waals surface area (Å²) < 4.78 is 0. The molecule has 2 unspecified atom stereocenters. The third-order valence-electron chi connectivity index (χ3n) is 6.03. The van der Waals surface area contributed by atoms with E-state index in [1.165, 1.54) is 57.8 Å².